The Bertz CT molecular complexity index is 721. The highest BCUT2D eigenvalue weighted by Crippen LogP contribution is 2.48. The quantitative estimate of drug-likeness (QED) is 0.338. The molecule has 0 amide bonds. The fraction of sp³-hybridized carbons (Fsp3) is 0.636. The lowest BCUT2D eigenvalue weighted by Crippen LogP contribution is -2.34. The van der Waals surface area contributed by atoms with Crippen LogP contribution in [0, 0.1) is 5.92 Å². The largest absolute Gasteiger partial charge is 0.463 e. The Labute approximate surface area is 166 Å². The molecule has 2 heterocycles. The highest BCUT2D eigenvalue weighted by atomic mass is 16.6. The lowest BCUT2D eigenvalue weighted by molar-refractivity contribution is -0.143. The second kappa shape index (κ2) is 8.21. The van der Waals surface area contributed by atoms with Crippen LogP contribution in [0.4, 0.5) is 0 Å². The van der Waals surface area contributed by atoms with Crippen LogP contribution in [0.1, 0.15) is 52.9 Å². The number of aliphatic hydroxyl groups is 1. The molecule has 0 bridgehead atoms. The summed E-state index contributed by atoms with van der Waals surface area (Å²) in [6.45, 7) is 9.42. The van der Waals surface area contributed by atoms with E-state index in [4.69, 9.17) is 14.2 Å². The molecule has 2 saturated heterocycles. The van der Waals surface area contributed by atoms with Crippen LogP contribution in [-0.4, -0.2) is 47.6 Å². The van der Waals surface area contributed by atoms with Crippen LogP contribution < -0.4 is 0 Å². The molecule has 0 spiro atoms. The summed E-state index contributed by atoms with van der Waals surface area (Å²) >= 11 is 0. The summed E-state index contributed by atoms with van der Waals surface area (Å²) in [5, 5.41) is 10.8. The van der Waals surface area contributed by atoms with Crippen LogP contribution in [0.15, 0.2) is 35.5 Å². The van der Waals surface area contributed by atoms with E-state index in [1.807, 2.05) is 13.0 Å². The number of allylic oxidation sites excluding steroid dienone is 3. The van der Waals surface area contributed by atoms with Gasteiger partial charge in [0.1, 0.15) is 24.4 Å². The van der Waals surface area contributed by atoms with Gasteiger partial charge in [0.25, 0.3) is 0 Å². The minimum Gasteiger partial charge on any atom is -0.463 e. The van der Waals surface area contributed by atoms with Crippen molar-refractivity contribution in [2.45, 2.75) is 76.8 Å². The SMILES string of the molecule is C=C1C(=O)O[C@H]2C1C[C@@H]1O[C@@]1(COC(C)=O)CC/C=C(\C)CC/C=C(\C)[C@@H]2O. The Hall–Kier alpha value is -1.92. The molecule has 0 aromatic carbocycles. The zero-order chi connectivity index (χ0) is 20.5. The Morgan fingerprint density at radius 1 is 1.36 bits per heavy atom. The minimum atomic E-state index is -0.873. The molecule has 3 aliphatic rings. The molecule has 2 fully saturated rings. The van der Waals surface area contributed by atoms with Crippen LogP contribution in [0.2, 0.25) is 0 Å². The van der Waals surface area contributed by atoms with E-state index in [-0.39, 0.29) is 24.6 Å². The zero-order valence-electron chi connectivity index (χ0n) is 16.9. The Morgan fingerprint density at radius 2 is 2.11 bits per heavy atom. The van der Waals surface area contributed by atoms with Crippen molar-refractivity contribution in [1.82, 2.24) is 0 Å². The molecule has 3 rings (SSSR count). The molecular formula is C22H30O6. The summed E-state index contributed by atoms with van der Waals surface area (Å²) in [6.07, 6.45) is 6.29. The number of ether oxygens (including phenoxy) is 3. The predicted octanol–water partition coefficient (Wildman–Crippen LogP) is 3.00. The first-order chi connectivity index (χ1) is 13.2. The topological polar surface area (TPSA) is 85.4 Å². The van der Waals surface area contributed by atoms with Gasteiger partial charge in [0.15, 0.2) is 0 Å². The number of hydrogen-bond donors (Lipinski definition) is 1. The number of fused-ring (bicyclic) bond motifs is 2. The van der Waals surface area contributed by atoms with Crippen LogP contribution >= 0.6 is 0 Å². The van der Waals surface area contributed by atoms with Crippen molar-refractivity contribution in [3.8, 4) is 0 Å². The second-order valence-corrected chi connectivity index (χ2v) is 8.21. The maximum Gasteiger partial charge on any atom is 0.334 e. The lowest BCUT2D eigenvalue weighted by atomic mass is 9.84. The molecule has 6 nitrogen and oxygen atoms in total. The molecule has 0 aromatic rings. The molecule has 0 saturated carbocycles. The van der Waals surface area contributed by atoms with Crippen molar-refractivity contribution in [2.24, 2.45) is 5.92 Å². The molecule has 0 aromatic heterocycles. The van der Waals surface area contributed by atoms with Crippen molar-refractivity contribution < 1.29 is 28.9 Å². The lowest BCUT2D eigenvalue weighted by Gasteiger charge is -2.24. The van der Waals surface area contributed by atoms with Crippen molar-refractivity contribution in [2.75, 3.05) is 6.61 Å². The van der Waals surface area contributed by atoms with Crippen LogP contribution in [0.3, 0.4) is 0 Å². The fourth-order valence-corrected chi connectivity index (χ4v) is 4.15. The summed E-state index contributed by atoms with van der Waals surface area (Å²) in [4.78, 5) is 23.4. The van der Waals surface area contributed by atoms with Gasteiger partial charge in [-0.15, -0.1) is 0 Å². The molecule has 2 aliphatic heterocycles. The number of carbonyl (C=O) groups is 2. The Balaban J connectivity index is 1.85. The van der Waals surface area contributed by atoms with Crippen LogP contribution in [0.25, 0.3) is 0 Å². The highest BCUT2D eigenvalue weighted by Gasteiger charge is 2.59. The van der Waals surface area contributed by atoms with Gasteiger partial charge in [-0.1, -0.05) is 24.3 Å². The Kier molecular flexibility index (Phi) is 6.10. The number of aliphatic hydroxyl groups excluding tert-OH is 1. The highest BCUT2D eigenvalue weighted by molar-refractivity contribution is 5.91. The van der Waals surface area contributed by atoms with E-state index >= 15 is 0 Å². The maximum absolute atomic E-state index is 12.1. The normalized spacial score (nSPS) is 40.0. The molecule has 1 aliphatic carbocycles. The summed E-state index contributed by atoms with van der Waals surface area (Å²) in [7, 11) is 0. The first-order valence-corrected chi connectivity index (χ1v) is 9.95. The average molecular weight is 390 g/mol. The van der Waals surface area contributed by atoms with E-state index < -0.39 is 23.8 Å². The van der Waals surface area contributed by atoms with Gasteiger partial charge in [0.2, 0.25) is 0 Å². The van der Waals surface area contributed by atoms with Crippen molar-refractivity contribution in [3.05, 3.63) is 35.5 Å². The van der Waals surface area contributed by atoms with E-state index in [0.717, 1.165) is 31.3 Å². The van der Waals surface area contributed by atoms with Gasteiger partial charge in [-0.05, 0) is 51.5 Å². The molecule has 6 heteroatoms. The van der Waals surface area contributed by atoms with Gasteiger partial charge in [0, 0.05) is 18.4 Å². The molecule has 0 radical (unpaired) electrons. The third-order valence-corrected chi connectivity index (χ3v) is 6.09. The maximum atomic E-state index is 12.1. The van der Waals surface area contributed by atoms with Crippen LogP contribution in [0.5, 0.6) is 0 Å². The van der Waals surface area contributed by atoms with Gasteiger partial charge in [-0.3, -0.25) is 4.79 Å². The smallest absolute Gasteiger partial charge is 0.334 e. The molecular weight excluding hydrogens is 360 g/mol. The second-order valence-electron chi connectivity index (χ2n) is 8.21. The minimum absolute atomic E-state index is 0.168. The number of carbonyl (C=O) groups excluding carboxylic acids is 2. The van der Waals surface area contributed by atoms with Crippen molar-refractivity contribution in [3.63, 3.8) is 0 Å². The van der Waals surface area contributed by atoms with Gasteiger partial charge < -0.3 is 19.3 Å². The molecule has 154 valence electrons. The van der Waals surface area contributed by atoms with E-state index in [2.05, 4.69) is 19.6 Å². The summed E-state index contributed by atoms with van der Waals surface area (Å²) in [5.74, 6) is -1.13. The van der Waals surface area contributed by atoms with Crippen molar-refractivity contribution in [1.29, 1.82) is 0 Å². The van der Waals surface area contributed by atoms with Gasteiger partial charge >= 0.3 is 11.9 Å². The Morgan fingerprint density at radius 3 is 2.82 bits per heavy atom. The predicted molar refractivity (Wildman–Crippen MR) is 103 cm³/mol. The summed E-state index contributed by atoms with van der Waals surface area (Å²) in [5.41, 5.74) is 1.90. The van der Waals surface area contributed by atoms with Crippen molar-refractivity contribution >= 4 is 11.9 Å². The molecule has 5 atom stereocenters. The monoisotopic (exact) mass is 390 g/mol. The first kappa shape index (κ1) is 20.8. The third kappa shape index (κ3) is 4.39. The average Bonchev–Trinajstić information content (AvgIpc) is 3.25. The van der Waals surface area contributed by atoms with Gasteiger partial charge in [0.05, 0.1) is 6.10 Å². The number of hydrogen-bond acceptors (Lipinski definition) is 6. The summed E-state index contributed by atoms with van der Waals surface area (Å²) < 4.78 is 16.7. The van der Waals surface area contributed by atoms with E-state index in [0.29, 0.717) is 12.0 Å². The molecule has 1 unspecified atom stereocenters. The first-order valence-electron chi connectivity index (χ1n) is 9.95. The molecule has 1 N–H and O–H groups in total. The molecule has 28 heavy (non-hydrogen) atoms. The van der Waals surface area contributed by atoms with E-state index in [9.17, 15) is 14.7 Å². The standard InChI is InChI=1S/C22H30O6/c1-13-7-5-9-14(2)19(24)20-17(15(3)21(25)27-20)11-18-22(28-18,10-6-8-13)12-26-16(4)23/h8-9,17-20,24H,3,5-7,10-12H2,1-2,4H3/b13-8+,14-9+/t17?,18-,19-,20-,22+/m0/s1. The van der Waals surface area contributed by atoms with E-state index in [1.165, 1.54) is 12.5 Å². The third-order valence-electron chi connectivity index (χ3n) is 6.09. The van der Waals surface area contributed by atoms with Gasteiger partial charge in [-0.25, -0.2) is 4.79 Å². The number of rotatable bonds is 2. The van der Waals surface area contributed by atoms with E-state index in [1.54, 1.807) is 0 Å². The number of esters is 2. The zero-order valence-corrected chi connectivity index (χ0v) is 16.9. The van der Waals surface area contributed by atoms with Crippen LogP contribution in [-0.2, 0) is 23.8 Å². The number of epoxide rings is 1. The summed E-state index contributed by atoms with van der Waals surface area (Å²) in [6, 6.07) is 0. The fourth-order valence-electron chi connectivity index (χ4n) is 4.15. The van der Waals surface area contributed by atoms with Gasteiger partial charge in [-0.2, -0.15) is 0 Å².